The van der Waals surface area contributed by atoms with Crippen LogP contribution in [-0.4, -0.2) is 44.7 Å². The molecule has 108 valence electrons. The fourth-order valence-electron chi connectivity index (χ4n) is 1.98. The first-order valence-electron chi connectivity index (χ1n) is 6.03. The van der Waals surface area contributed by atoms with Gasteiger partial charge in [-0.2, -0.15) is 0 Å². The molecule has 2 N–H and O–H groups in total. The highest BCUT2D eigenvalue weighted by Gasteiger charge is 2.20. The smallest absolute Gasteiger partial charge is 0.408 e. The van der Waals surface area contributed by atoms with Gasteiger partial charge in [0.25, 0.3) is 10.0 Å². The standard InChI is InChI=1S/C11H13N3O5S/c15-11-12-9-7-8(1-2-10(9)19-11)20(16,17)13-14-3-5-18-6-4-14/h1-2,7,13H,3-6H2,(H,12,15). The van der Waals surface area contributed by atoms with E-state index in [1.807, 2.05) is 0 Å². The number of fused-ring (bicyclic) bond motifs is 1. The zero-order valence-corrected chi connectivity index (χ0v) is 11.3. The minimum Gasteiger partial charge on any atom is -0.408 e. The van der Waals surface area contributed by atoms with E-state index in [1.165, 1.54) is 18.2 Å². The van der Waals surface area contributed by atoms with Crippen molar-refractivity contribution in [3.63, 3.8) is 0 Å². The highest BCUT2D eigenvalue weighted by Crippen LogP contribution is 2.16. The molecule has 9 heteroatoms. The van der Waals surface area contributed by atoms with Gasteiger partial charge in [-0.15, -0.1) is 4.83 Å². The molecule has 1 fully saturated rings. The van der Waals surface area contributed by atoms with E-state index in [0.717, 1.165) is 0 Å². The van der Waals surface area contributed by atoms with Gasteiger partial charge in [-0.05, 0) is 18.2 Å². The zero-order chi connectivity index (χ0) is 14.2. The second-order valence-electron chi connectivity index (χ2n) is 4.37. The lowest BCUT2D eigenvalue weighted by atomic mass is 10.3. The molecule has 0 unspecified atom stereocenters. The number of benzene rings is 1. The van der Waals surface area contributed by atoms with Crippen LogP contribution in [0, 0.1) is 0 Å². The highest BCUT2D eigenvalue weighted by atomic mass is 32.2. The molecule has 20 heavy (non-hydrogen) atoms. The summed E-state index contributed by atoms with van der Waals surface area (Å²) in [5, 5.41) is 1.58. The predicted octanol–water partition coefficient (Wildman–Crippen LogP) is -0.353. The van der Waals surface area contributed by atoms with Crippen molar-refractivity contribution in [2.75, 3.05) is 26.3 Å². The molecule has 0 bridgehead atoms. The third kappa shape index (κ3) is 2.61. The van der Waals surface area contributed by atoms with Gasteiger partial charge < -0.3 is 9.15 Å². The van der Waals surface area contributed by atoms with Gasteiger partial charge in [-0.1, -0.05) is 0 Å². The molecule has 1 saturated heterocycles. The number of hydrogen-bond acceptors (Lipinski definition) is 6. The topological polar surface area (TPSA) is 105 Å². The number of rotatable bonds is 3. The normalized spacial score (nSPS) is 17.6. The van der Waals surface area contributed by atoms with Crippen LogP contribution >= 0.6 is 0 Å². The van der Waals surface area contributed by atoms with Crippen molar-refractivity contribution in [1.29, 1.82) is 0 Å². The van der Waals surface area contributed by atoms with Crippen molar-refractivity contribution >= 4 is 21.1 Å². The molecule has 0 saturated carbocycles. The predicted molar refractivity (Wildman–Crippen MR) is 69.5 cm³/mol. The summed E-state index contributed by atoms with van der Waals surface area (Å²) in [4.78, 5) is 16.0. The van der Waals surface area contributed by atoms with E-state index in [1.54, 1.807) is 5.01 Å². The first kappa shape index (κ1) is 13.3. The van der Waals surface area contributed by atoms with E-state index >= 15 is 0 Å². The molecule has 1 aromatic carbocycles. The van der Waals surface area contributed by atoms with Crippen LogP contribution in [0.1, 0.15) is 0 Å². The summed E-state index contributed by atoms with van der Waals surface area (Å²) in [6.07, 6.45) is 0. The average molecular weight is 299 g/mol. The van der Waals surface area contributed by atoms with E-state index in [0.29, 0.717) is 37.4 Å². The van der Waals surface area contributed by atoms with Crippen molar-refractivity contribution in [3.8, 4) is 0 Å². The van der Waals surface area contributed by atoms with Crippen LogP contribution < -0.4 is 10.6 Å². The number of aromatic nitrogens is 1. The number of H-pyrrole nitrogens is 1. The maximum absolute atomic E-state index is 12.2. The van der Waals surface area contributed by atoms with Gasteiger partial charge in [-0.25, -0.2) is 18.2 Å². The Morgan fingerprint density at radius 1 is 1.25 bits per heavy atom. The Balaban J connectivity index is 1.89. The Hall–Kier alpha value is -1.68. The van der Waals surface area contributed by atoms with Crippen molar-refractivity contribution < 1.29 is 17.6 Å². The fraction of sp³-hybridized carbons (Fsp3) is 0.364. The van der Waals surface area contributed by atoms with Gasteiger partial charge in [0, 0.05) is 13.1 Å². The number of hydrazine groups is 1. The van der Waals surface area contributed by atoms with Crippen LogP contribution in [0.4, 0.5) is 0 Å². The number of oxazole rings is 1. The summed E-state index contributed by atoms with van der Waals surface area (Å²) in [7, 11) is -3.69. The molecular formula is C11H13N3O5S. The minimum absolute atomic E-state index is 0.0635. The summed E-state index contributed by atoms with van der Waals surface area (Å²) in [6.45, 7) is 1.95. The second kappa shape index (κ2) is 5.02. The van der Waals surface area contributed by atoms with Crippen molar-refractivity contribution in [2.24, 2.45) is 0 Å². The largest absolute Gasteiger partial charge is 0.417 e. The molecular weight excluding hydrogens is 286 g/mol. The van der Waals surface area contributed by atoms with Crippen molar-refractivity contribution in [3.05, 3.63) is 28.7 Å². The van der Waals surface area contributed by atoms with Gasteiger partial charge in [0.05, 0.1) is 23.6 Å². The number of sulfonamides is 1. The third-order valence-corrected chi connectivity index (χ3v) is 4.33. The van der Waals surface area contributed by atoms with E-state index in [4.69, 9.17) is 9.15 Å². The quantitative estimate of drug-likeness (QED) is 0.802. The number of hydrogen-bond donors (Lipinski definition) is 2. The molecule has 0 radical (unpaired) electrons. The summed E-state index contributed by atoms with van der Waals surface area (Å²) >= 11 is 0. The monoisotopic (exact) mass is 299 g/mol. The van der Waals surface area contributed by atoms with Crippen LogP contribution in [0.2, 0.25) is 0 Å². The molecule has 2 heterocycles. The Kier molecular flexibility index (Phi) is 3.34. The zero-order valence-electron chi connectivity index (χ0n) is 10.5. The number of ether oxygens (including phenoxy) is 1. The lowest BCUT2D eigenvalue weighted by Crippen LogP contribution is -2.48. The van der Waals surface area contributed by atoms with Crippen LogP contribution in [0.25, 0.3) is 11.1 Å². The van der Waals surface area contributed by atoms with Crippen molar-refractivity contribution in [1.82, 2.24) is 14.8 Å². The number of nitrogens with one attached hydrogen (secondary N) is 2. The Morgan fingerprint density at radius 2 is 2.00 bits per heavy atom. The SMILES string of the molecule is O=c1[nH]c2cc(S(=O)(=O)NN3CCOCC3)ccc2o1. The summed E-state index contributed by atoms with van der Waals surface area (Å²) in [5.41, 5.74) is 0.667. The Labute approximate surface area is 114 Å². The number of aromatic amines is 1. The minimum atomic E-state index is -3.69. The van der Waals surface area contributed by atoms with E-state index in [9.17, 15) is 13.2 Å². The van der Waals surface area contributed by atoms with E-state index in [2.05, 4.69) is 9.82 Å². The van der Waals surface area contributed by atoms with Gasteiger partial charge >= 0.3 is 5.76 Å². The van der Waals surface area contributed by atoms with Crippen LogP contribution in [0.15, 0.2) is 32.3 Å². The summed E-state index contributed by atoms with van der Waals surface area (Å²) in [6, 6.07) is 4.20. The summed E-state index contributed by atoms with van der Waals surface area (Å²) < 4.78 is 34.5. The molecule has 1 aliphatic heterocycles. The molecule has 3 rings (SSSR count). The number of nitrogens with zero attached hydrogens (tertiary/aromatic N) is 1. The average Bonchev–Trinajstić information content (AvgIpc) is 2.78. The first-order chi connectivity index (χ1) is 9.54. The van der Waals surface area contributed by atoms with E-state index in [-0.39, 0.29) is 4.90 Å². The highest BCUT2D eigenvalue weighted by molar-refractivity contribution is 7.89. The maximum Gasteiger partial charge on any atom is 0.417 e. The van der Waals surface area contributed by atoms with Gasteiger partial charge in [0.2, 0.25) is 0 Å². The molecule has 0 amide bonds. The summed E-state index contributed by atoms with van der Waals surface area (Å²) in [5.74, 6) is -0.615. The molecule has 0 atom stereocenters. The van der Waals surface area contributed by atoms with Gasteiger partial charge in [0.15, 0.2) is 5.58 Å². The molecule has 8 nitrogen and oxygen atoms in total. The van der Waals surface area contributed by atoms with Crippen LogP contribution in [0.5, 0.6) is 0 Å². The second-order valence-corrected chi connectivity index (χ2v) is 6.03. The Morgan fingerprint density at radius 3 is 2.75 bits per heavy atom. The Bertz CT molecular complexity index is 773. The van der Waals surface area contributed by atoms with Crippen molar-refractivity contribution in [2.45, 2.75) is 4.90 Å². The first-order valence-corrected chi connectivity index (χ1v) is 7.51. The lowest BCUT2D eigenvalue weighted by Gasteiger charge is -2.26. The molecule has 1 aliphatic rings. The maximum atomic E-state index is 12.2. The van der Waals surface area contributed by atoms with Crippen LogP contribution in [-0.2, 0) is 14.8 Å². The fourth-order valence-corrected chi connectivity index (χ4v) is 3.12. The van der Waals surface area contributed by atoms with Gasteiger partial charge in [-0.3, -0.25) is 4.98 Å². The molecule has 0 spiro atoms. The number of morpholine rings is 1. The molecule has 2 aromatic rings. The van der Waals surface area contributed by atoms with Gasteiger partial charge in [0.1, 0.15) is 0 Å². The lowest BCUT2D eigenvalue weighted by molar-refractivity contribution is 0.0272. The third-order valence-electron chi connectivity index (χ3n) is 2.96. The van der Waals surface area contributed by atoms with Crippen LogP contribution in [0.3, 0.4) is 0 Å². The van der Waals surface area contributed by atoms with E-state index < -0.39 is 15.8 Å². The molecule has 1 aromatic heterocycles. The molecule has 0 aliphatic carbocycles.